The maximum Gasteiger partial charge on any atom is 0.303 e. The van der Waals surface area contributed by atoms with Gasteiger partial charge in [0.1, 0.15) is 5.76 Å². The zero-order valence-electron chi connectivity index (χ0n) is 8.12. The van der Waals surface area contributed by atoms with E-state index in [9.17, 15) is 4.79 Å². The normalized spacial score (nSPS) is 15.8. The number of rotatable bonds is 4. The molecule has 1 aliphatic rings. The van der Waals surface area contributed by atoms with Gasteiger partial charge < -0.3 is 9.52 Å². The van der Waals surface area contributed by atoms with Crippen LogP contribution in [-0.2, 0) is 11.2 Å². The van der Waals surface area contributed by atoms with Gasteiger partial charge in [-0.3, -0.25) is 4.79 Å². The zero-order chi connectivity index (χ0) is 10.1. The predicted molar refractivity (Wildman–Crippen MR) is 49.2 cm³/mol. The number of carboxylic acid groups (broad SMARTS) is 1. The number of aliphatic carboxylic acids is 1. The lowest BCUT2D eigenvalue weighted by Crippen LogP contribution is -1.97. The Morgan fingerprint density at radius 1 is 1.64 bits per heavy atom. The molecule has 1 fully saturated rings. The van der Waals surface area contributed by atoms with Gasteiger partial charge in [0.25, 0.3) is 0 Å². The van der Waals surface area contributed by atoms with Crippen LogP contribution >= 0.6 is 0 Å². The highest BCUT2D eigenvalue weighted by Gasteiger charge is 2.29. The van der Waals surface area contributed by atoms with Gasteiger partial charge >= 0.3 is 5.97 Å². The third-order valence-corrected chi connectivity index (χ3v) is 2.39. The van der Waals surface area contributed by atoms with Crippen LogP contribution in [0.2, 0.25) is 0 Å². The van der Waals surface area contributed by atoms with Crippen LogP contribution in [0, 0.1) is 6.92 Å². The molecule has 1 aromatic rings. The smallest absolute Gasteiger partial charge is 0.303 e. The Labute approximate surface area is 81.9 Å². The largest absolute Gasteiger partial charge is 0.481 e. The number of carbonyl (C=O) groups is 1. The topological polar surface area (TPSA) is 63.3 Å². The molecule has 14 heavy (non-hydrogen) atoms. The minimum absolute atomic E-state index is 0.0874. The third-order valence-electron chi connectivity index (χ3n) is 2.39. The standard InChI is InChI=1S/C10H13NO3/c1-6-10(7-2-3-7)11-8(14-6)4-5-9(12)13/h7H,2-5H2,1H3,(H,12,13). The molecule has 4 nitrogen and oxygen atoms in total. The molecule has 76 valence electrons. The van der Waals surface area contributed by atoms with Crippen LogP contribution in [0.25, 0.3) is 0 Å². The number of oxazole rings is 1. The first-order chi connectivity index (χ1) is 6.66. The van der Waals surface area contributed by atoms with Crippen molar-refractivity contribution in [2.24, 2.45) is 0 Å². The summed E-state index contributed by atoms with van der Waals surface area (Å²) in [6, 6.07) is 0. The molecule has 0 aromatic carbocycles. The second kappa shape index (κ2) is 3.44. The second-order valence-electron chi connectivity index (χ2n) is 3.72. The van der Waals surface area contributed by atoms with Crippen LogP contribution < -0.4 is 0 Å². The lowest BCUT2D eigenvalue weighted by atomic mass is 10.2. The molecule has 2 rings (SSSR count). The van der Waals surface area contributed by atoms with Crippen LogP contribution in [0.5, 0.6) is 0 Å². The quantitative estimate of drug-likeness (QED) is 0.796. The minimum atomic E-state index is -0.811. The molecule has 0 aliphatic heterocycles. The molecule has 0 atom stereocenters. The van der Waals surface area contributed by atoms with Crippen molar-refractivity contribution in [1.29, 1.82) is 0 Å². The molecule has 0 amide bonds. The number of hydrogen-bond donors (Lipinski definition) is 1. The van der Waals surface area contributed by atoms with Gasteiger partial charge in [0.2, 0.25) is 0 Å². The van der Waals surface area contributed by atoms with Gasteiger partial charge in [-0.25, -0.2) is 4.98 Å². The maximum absolute atomic E-state index is 10.3. The Morgan fingerprint density at radius 2 is 2.36 bits per heavy atom. The van der Waals surface area contributed by atoms with E-state index in [0.29, 0.717) is 18.2 Å². The molecule has 0 bridgehead atoms. The van der Waals surface area contributed by atoms with Gasteiger partial charge in [0.05, 0.1) is 12.1 Å². The fourth-order valence-corrected chi connectivity index (χ4v) is 1.52. The van der Waals surface area contributed by atoms with Crippen molar-refractivity contribution in [3.8, 4) is 0 Å². The molecule has 1 aliphatic carbocycles. The lowest BCUT2D eigenvalue weighted by molar-refractivity contribution is -0.137. The highest BCUT2D eigenvalue weighted by Crippen LogP contribution is 2.41. The van der Waals surface area contributed by atoms with E-state index in [-0.39, 0.29) is 6.42 Å². The number of aromatic nitrogens is 1. The van der Waals surface area contributed by atoms with Crippen LogP contribution in [0.4, 0.5) is 0 Å². The average molecular weight is 195 g/mol. The predicted octanol–water partition coefficient (Wildman–Crippen LogP) is 1.88. The van der Waals surface area contributed by atoms with Gasteiger partial charge in [0, 0.05) is 12.3 Å². The van der Waals surface area contributed by atoms with E-state index in [0.717, 1.165) is 11.5 Å². The monoisotopic (exact) mass is 195 g/mol. The van der Waals surface area contributed by atoms with Crippen molar-refractivity contribution in [2.75, 3.05) is 0 Å². The lowest BCUT2D eigenvalue weighted by Gasteiger charge is -1.89. The SMILES string of the molecule is Cc1oc(CCC(=O)O)nc1C1CC1. The highest BCUT2D eigenvalue weighted by molar-refractivity contribution is 5.66. The number of hydrogen-bond acceptors (Lipinski definition) is 3. The van der Waals surface area contributed by atoms with E-state index in [1.54, 1.807) is 0 Å². The zero-order valence-corrected chi connectivity index (χ0v) is 8.12. The molecule has 1 aromatic heterocycles. The van der Waals surface area contributed by atoms with Crippen molar-refractivity contribution in [2.45, 2.75) is 38.5 Å². The van der Waals surface area contributed by atoms with Gasteiger partial charge in [-0.05, 0) is 19.8 Å². The first-order valence-electron chi connectivity index (χ1n) is 4.85. The van der Waals surface area contributed by atoms with Crippen LogP contribution in [0.15, 0.2) is 4.42 Å². The maximum atomic E-state index is 10.3. The summed E-state index contributed by atoms with van der Waals surface area (Å²) in [4.78, 5) is 14.7. The summed E-state index contributed by atoms with van der Waals surface area (Å²) in [5.41, 5.74) is 1.03. The van der Waals surface area contributed by atoms with Crippen molar-refractivity contribution in [1.82, 2.24) is 4.98 Å². The molecule has 0 unspecified atom stereocenters. The Bertz CT molecular complexity index is 352. The molecular weight excluding hydrogens is 182 g/mol. The van der Waals surface area contributed by atoms with E-state index < -0.39 is 5.97 Å². The Kier molecular flexibility index (Phi) is 2.27. The number of nitrogens with zero attached hydrogens (tertiary/aromatic N) is 1. The molecule has 1 N–H and O–H groups in total. The molecular formula is C10H13NO3. The summed E-state index contributed by atoms with van der Waals surface area (Å²) in [6.07, 6.45) is 2.85. The van der Waals surface area contributed by atoms with Crippen molar-refractivity contribution < 1.29 is 14.3 Å². The second-order valence-corrected chi connectivity index (χ2v) is 3.72. The van der Waals surface area contributed by atoms with Crippen LogP contribution in [0.3, 0.4) is 0 Å². The van der Waals surface area contributed by atoms with Crippen LogP contribution in [0.1, 0.15) is 42.5 Å². The molecule has 0 spiro atoms. The summed E-state index contributed by atoms with van der Waals surface area (Å²) in [7, 11) is 0. The fraction of sp³-hybridized carbons (Fsp3) is 0.600. The van der Waals surface area contributed by atoms with E-state index in [4.69, 9.17) is 9.52 Å². The van der Waals surface area contributed by atoms with Crippen molar-refractivity contribution in [3.63, 3.8) is 0 Å². The van der Waals surface area contributed by atoms with Gasteiger partial charge in [0.15, 0.2) is 5.89 Å². The Balaban J connectivity index is 2.04. The average Bonchev–Trinajstić information content (AvgIpc) is 2.88. The summed E-state index contributed by atoms with van der Waals surface area (Å²) in [6.45, 7) is 1.89. The first kappa shape index (κ1) is 9.24. The number of aryl methyl sites for hydroxylation is 2. The number of carboxylic acids is 1. The van der Waals surface area contributed by atoms with Gasteiger partial charge in [-0.2, -0.15) is 0 Å². The van der Waals surface area contributed by atoms with E-state index in [2.05, 4.69) is 4.98 Å². The molecule has 0 saturated heterocycles. The summed E-state index contributed by atoms with van der Waals surface area (Å²) >= 11 is 0. The molecule has 1 heterocycles. The van der Waals surface area contributed by atoms with Crippen molar-refractivity contribution in [3.05, 3.63) is 17.3 Å². The highest BCUT2D eigenvalue weighted by atomic mass is 16.4. The third kappa shape index (κ3) is 1.95. The minimum Gasteiger partial charge on any atom is -0.481 e. The molecule has 4 heteroatoms. The Morgan fingerprint density at radius 3 is 2.93 bits per heavy atom. The van der Waals surface area contributed by atoms with Gasteiger partial charge in [-0.1, -0.05) is 0 Å². The summed E-state index contributed by atoms with van der Waals surface area (Å²) in [5.74, 6) is 1.17. The summed E-state index contributed by atoms with van der Waals surface area (Å²) in [5, 5.41) is 8.50. The van der Waals surface area contributed by atoms with E-state index in [1.165, 1.54) is 12.8 Å². The first-order valence-corrected chi connectivity index (χ1v) is 4.85. The van der Waals surface area contributed by atoms with Crippen molar-refractivity contribution >= 4 is 5.97 Å². The van der Waals surface area contributed by atoms with E-state index in [1.807, 2.05) is 6.92 Å². The molecule has 0 radical (unpaired) electrons. The fourth-order valence-electron chi connectivity index (χ4n) is 1.52. The molecule has 1 saturated carbocycles. The van der Waals surface area contributed by atoms with Gasteiger partial charge in [-0.15, -0.1) is 0 Å². The summed E-state index contributed by atoms with van der Waals surface area (Å²) < 4.78 is 5.39. The van der Waals surface area contributed by atoms with E-state index >= 15 is 0 Å². The van der Waals surface area contributed by atoms with Crippen LogP contribution in [-0.4, -0.2) is 16.1 Å². The Hall–Kier alpha value is -1.32.